The molecule has 26 heavy (non-hydrogen) atoms. The number of fused-ring (bicyclic) bond motifs is 1. The molecule has 140 valence electrons. The monoisotopic (exact) mass is 355 g/mol. The van der Waals surface area contributed by atoms with Crippen molar-refractivity contribution < 1.29 is 4.79 Å². The Balaban J connectivity index is 1.59. The van der Waals surface area contributed by atoms with Crippen LogP contribution >= 0.6 is 0 Å². The number of aromatic nitrogens is 1. The molecule has 6 heteroatoms. The van der Waals surface area contributed by atoms with E-state index in [1.54, 1.807) is 0 Å². The Morgan fingerprint density at radius 2 is 2.23 bits per heavy atom. The molecule has 0 radical (unpaired) electrons. The van der Waals surface area contributed by atoms with Gasteiger partial charge in [-0.3, -0.25) is 9.79 Å². The summed E-state index contributed by atoms with van der Waals surface area (Å²) in [6.07, 6.45) is 3.53. The largest absolute Gasteiger partial charge is 0.370 e. The molecule has 1 saturated heterocycles. The number of aliphatic imine (C=N–C) groups is 1. The minimum Gasteiger partial charge on any atom is -0.370 e. The minimum absolute atomic E-state index is 0.213. The average molecular weight is 355 g/mol. The highest BCUT2D eigenvalue weighted by atomic mass is 16.1. The lowest BCUT2D eigenvalue weighted by Gasteiger charge is -2.34. The van der Waals surface area contributed by atoms with E-state index in [0.29, 0.717) is 12.3 Å². The van der Waals surface area contributed by atoms with Gasteiger partial charge in [0.25, 0.3) is 0 Å². The van der Waals surface area contributed by atoms with Crippen LogP contribution in [0.3, 0.4) is 0 Å². The van der Waals surface area contributed by atoms with Crippen molar-refractivity contribution in [3.05, 3.63) is 35.5 Å². The van der Waals surface area contributed by atoms with Gasteiger partial charge in [0.1, 0.15) is 0 Å². The van der Waals surface area contributed by atoms with Crippen molar-refractivity contribution >= 4 is 22.8 Å². The van der Waals surface area contributed by atoms with Crippen molar-refractivity contribution in [2.75, 3.05) is 26.7 Å². The van der Waals surface area contributed by atoms with E-state index in [9.17, 15) is 4.79 Å². The number of rotatable bonds is 5. The molecular formula is C20H29N5O. The van der Waals surface area contributed by atoms with Crippen molar-refractivity contribution in [1.29, 1.82) is 0 Å². The smallest absolute Gasteiger partial charge is 0.217 e. The number of guanidine groups is 1. The predicted molar refractivity (Wildman–Crippen MR) is 106 cm³/mol. The molecule has 1 fully saturated rings. The highest BCUT2D eigenvalue weighted by Crippen LogP contribution is 2.22. The summed E-state index contributed by atoms with van der Waals surface area (Å²) in [5.74, 6) is 1.03. The van der Waals surface area contributed by atoms with Gasteiger partial charge in [0, 0.05) is 49.7 Å². The molecule has 0 spiro atoms. The third-order valence-electron chi connectivity index (χ3n) is 5.21. The predicted octanol–water partition coefficient (Wildman–Crippen LogP) is 2.18. The molecule has 1 unspecified atom stereocenters. The summed E-state index contributed by atoms with van der Waals surface area (Å²) in [4.78, 5) is 21.4. The Kier molecular flexibility index (Phi) is 5.81. The number of primary amides is 1. The quantitative estimate of drug-likeness (QED) is 0.567. The zero-order valence-corrected chi connectivity index (χ0v) is 15.7. The fourth-order valence-corrected chi connectivity index (χ4v) is 4.00. The number of benzene rings is 1. The fraction of sp³-hybridized carbons (Fsp3) is 0.500. The zero-order valence-electron chi connectivity index (χ0n) is 15.7. The number of nitrogens with two attached hydrogens (primary N) is 1. The number of carbonyl (C=O) groups is 1. The summed E-state index contributed by atoms with van der Waals surface area (Å²) in [6.45, 7) is 4.77. The molecule has 1 amide bonds. The minimum atomic E-state index is -0.213. The number of para-hydroxylation sites is 1. The second-order valence-electron chi connectivity index (χ2n) is 7.12. The third kappa shape index (κ3) is 4.18. The lowest BCUT2D eigenvalue weighted by Crippen LogP contribution is -2.47. The number of aromatic amines is 1. The first-order valence-corrected chi connectivity index (χ1v) is 9.38. The van der Waals surface area contributed by atoms with Crippen LogP contribution in [0.15, 0.2) is 29.3 Å². The molecule has 1 aliphatic heterocycles. The number of piperidine rings is 1. The molecule has 1 aromatic heterocycles. The second-order valence-corrected chi connectivity index (χ2v) is 7.12. The summed E-state index contributed by atoms with van der Waals surface area (Å²) in [5.41, 5.74) is 9.13. The van der Waals surface area contributed by atoms with Crippen molar-refractivity contribution in [1.82, 2.24) is 15.2 Å². The van der Waals surface area contributed by atoms with E-state index in [-0.39, 0.29) is 5.91 Å². The van der Waals surface area contributed by atoms with E-state index in [0.717, 1.165) is 44.9 Å². The lowest BCUT2D eigenvalue weighted by atomic mass is 9.95. The lowest BCUT2D eigenvalue weighted by molar-refractivity contribution is -0.119. The number of hydrogen-bond donors (Lipinski definition) is 3. The molecular weight excluding hydrogens is 326 g/mol. The Labute approximate surface area is 154 Å². The summed E-state index contributed by atoms with van der Waals surface area (Å²) in [6, 6.07) is 8.42. The van der Waals surface area contributed by atoms with Crippen LogP contribution in [-0.2, 0) is 11.2 Å². The maximum absolute atomic E-state index is 11.2. The van der Waals surface area contributed by atoms with Gasteiger partial charge in [-0.2, -0.15) is 0 Å². The second kappa shape index (κ2) is 8.25. The van der Waals surface area contributed by atoms with Gasteiger partial charge < -0.3 is 20.9 Å². The SMILES string of the molecule is CN=C(NCCc1c(C)[nH]c2ccccc12)N1CCCC(CC(N)=O)C1. The number of hydrogen-bond acceptors (Lipinski definition) is 2. The van der Waals surface area contributed by atoms with Crippen LogP contribution in [0.4, 0.5) is 0 Å². The normalized spacial score (nSPS) is 18.3. The van der Waals surface area contributed by atoms with Gasteiger partial charge in [-0.1, -0.05) is 18.2 Å². The number of likely N-dealkylation sites (tertiary alicyclic amines) is 1. The number of nitrogens with zero attached hydrogens (tertiary/aromatic N) is 2. The average Bonchev–Trinajstić information content (AvgIpc) is 2.94. The van der Waals surface area contributed by atoms with Gasteiger partial charge in [0.15, 0.2) is 5.96 Å². The van der Waals surface area contributed by atoms with Gasteiger partial charge in [-0.25, -0.2) is 0 Å². The Morgan fingerprint density at radius 3 is 3.00 bits per heavy atom. The Morgan fingerprint density at radius 1 is 1.42 bits per heavy atom. The van der Waals surface area contributed by atoms with Crippen LogP contribution in [-0.4, -0.2) is 48.4 Å². The maximum Gasteiger partial charge on any atom is 0.217 e. The molecule has 6 nitrogen and oxygen atoms in total. The molecule has 4 N–H and O–H groups in total. The van der Waals surface area contributed by atoms with Crippen LogP contribution in [0.25, 0.3) is 10.9 Å². The van der Waals surface area contributed by atoms with Gasteiger partial charge in [-0.05, 0) is 43.7 Å². The maximum atomic E-state index is 11.2. The first-order chi connectivity index (χ1) is 12.6. The van der Waals surface area contributed by atoms with Crippen molar-refractivity contribution in [3.8, 4) is 0 Å². The fourth-order valence-electron chi connectivity index (χ4n) is 4.00. The topological polar surface area (TPSA) is 86.5 Å². The van der Waals surface area contributed by atoms with Crippen LogP contribution in [0.1, 0.15) is 30.5 Å². The number of H-pyrrole nitrogens is 1. The highest BCUT2D eigenvalue weighted by molar-refractivity contribution is 5.85. The molecule has 2 heterocycles. The van der Waals surface area contributed by atoms with Crippen LogP contribution < -0.4 is 11.1 Å². The van der Waals surface area contributed by atoms with E-state index in [4.69, 9.17) is 5.73 Å². The van der Waals surface area contributed by atoms with E-state index >= 15 is 0 Å². The van der Waals surface area contributed by atoms with Crippen molar-refractivity contribution in [3.63, 3.8) is 0 Å². The number of amides is 1. The van der Waals surface area contributed by atoms with Crippen LogP contribution in [0.5, 0.6) is 0 Å². The summed E-state index contributed by atoms with van der Waals surface area (Å²) >= 11 is 0. The Bertz CT molecular complexity index is 795. The number of nitrogens with one attached hydrogen (secondary N) is 2. The summed E-state index contributed by atoms with van der Waals surface area (Å²) < 4.78 is 0. The summed E-state index contributed by atoms with van der Waals surface area (Å²) in [7, 11) is 1.82. The highest BCUT2D eigenvalue weighted by Gasteiger charge is 2.23. The first-order valence-electron chi connectivity index (χ1n) is 9.38. The van der Waals surface area contributed by atoms with Gasteiger partial charge in [-0.15, -0.1) is 0 Å². The third-order valence-corrected chi connectivity index (χ3v) is 5.21. The van der Waals surface area contributed by atoms with Crippen LogP contribution in [0.2, 0.25) is 0 Å². The molecule has 1 aromatic carbocycles. The molecule has 0 bridgehead atoms. The Hall–Kier alpha value is -2.50. The standard InChI is InChI=1S/C20H29N5O/c1-14-16(17-7-3-4-8-18(17)24-14)9-10-23-20(22-2)25-11-5-6-15(13-25)12-19(21)26/h3-4,7-8,15,24H,5-6,9-13H2,1-2H3,(H2,21,26)(H,22,23). The van der Waals surface area contributed by atoms with Gasteiger partial charge in [0.2, 0.25) is 5.91 Å². The van der Waals surface area contributed by atoms with E-state index in [2.05, 4.69) is 51.4 Å². The van der Waals surface area contributed by atoms with E-state index in [1.807, 2.05) is 7.05 Å². The summed E-state index contributed by atoms with van der Waals surface area (Å²) in [5, 5.41) is 4.78. The molecule has 3 rings (SSSR count). The molecule has 1 atom stereocenters. The molecule has 1 aliphatic rings. The van der Waals surface area contributed by atoms with Crippen molar-refractivity contribution in [2.45, 2.75) is 32.6 Å². The number of aryl methyl sites for hydroxylation is 1. The zero-order chi connectivity index (χ0) is 18.5. The molecule has 0 aliphatic carbocycles. The number of carbonyl (C=O) groups excluding carboxylic acids is 1. The molecule has 0 saturated carbocycles. The van der Waals surface area contributed by atoms with Crippen molar-refractivity contribution in [2.24, 2.45) is 16.6 Å². The molecule has 2 aromatic rings. The first kappa shape index (κ1) is 18.3. The van der Waals surface area contributed by atoms with Gasteiger partial charge >= 0.3 is 0 Å². The van der Waals surface area contributed by atoms with Gasteiger partial charge in [0.05, 0.1) is 0 Å². The van der Waals surface area contributed by atoms with E-state index < -0.39 is 0 Å². The van der Waals surface area contributed by atoms with Crippen LogP contribution in [0, 0.1) is 12.8 Å². The van der Waals surface area contributed by atoms with E-state index in [1.165, 1.54) is 22.2 Å².